The molecule has 12 nitrogen and oxygen atoms in total. The lowest BCUT2D eigenvalue weighted by molar-refractivity contribution is -0.141. The molecule has 0 aliphatic carbocycles. The van der Waals surface area contributed by atoms with Crippen LogP contribution < -0.4 is 10.2 Å². The molecular formula is C39H47N5O7. The molecule has 3 heterocycles. The number of piperidine rings is 1. The van der Waals surface area contributed by atoms with E-state index in [2.05, 4.69) is 10.2 Å². The van der Waals surface area contributed by atoms with Gasteiger partial charge in [-0.3, -0.25) is 4.79 Å². The number of nitrogens with one attached hydrogen (secondary N) is 1. The molecule has 6 rings (SSSR count). The largest absolute Gasteiger partial charge is 0.507 e. The Kier molecular flexibility index (Phi) is 11.0. The number of carbonyl (C=O) groups is 4. The number of hydrogen-bond acceptors (Lipinski definition) is 8. The number of benzene rings is 3. The Morgan fingerprint density at radius 3 is 2.22 bits per heavy atom. The van der Waals surface area contributed by atoms with Crippen LogP contribution in [0.3, 0.4) is 0 Å². The average Bonchev–Trinajstić information content (AvgIpc) is 3.31. The number of piperazine rings is 1. The first-order valence-electron chi connectivity index (χ1n) is 17.8. The molecule has 0 spiro atoms. The molecule has 3 aromatic carbocycles. The molecule has 2 N–H and O–H groups in total. The summed E-state index contributed by atoms with van der Waals surface area (Å²) in [6.45, 7) is 9.14. The fourth-order valence-electron chi connectivity index (χ4n) is 7.26. The van der Waals surface area contributed by atoms with Gasteiger partial charge in [0.1, 0.15) is 5.75 Å². The summed E-state index contributed by atoms with van der Waals surface area (Å²) in [7, 11) is 0. The average molecular weight is 698 g/mol. The van der Waals surface area contributed by atoms with Gasteiger partial charge in [-0.05, 0) is 92.6 Å². The van der Waals surface area contributed by atoms with Crippen molar-refractivity contribution in [2.75, 3.05) is 62.6 Å². The molecule has 0 aromatic heterocycles. The summed E-state index contributed by atoms with van der Waals surface area (Å²) < 4.78 is 11.1. The number of aromatic hydroxyl groups is 1. The Balaban J connectivity index is 1.09. The third-order valence-corrected chi connectivity index (χ3v) is 10.1. The first-order chi connectivity index (χ1) is 24.6. The van der Waals surface area contributed by atoms with Gasteiger partial charge >= 0.3 is 18.1 Å². The van der Waals surface area contributed by atoms with Crippen molar-refractivity contribution in [2.45, 2.75) is 58.6 Å². The number of anilines is 2. The van der Waals surface area contributed by atoms with E-state index in [1.54, 1.807) is 42.7 Å². The number of urea groups is 1. The Hall–Kier alpha value is -5.26. The minimum absolute atomic E-state index is 0.0126. The second-order valence-electron chi connectivity index (χ2n) is 13.5. The Bertz CT molecular complexity index is 1720. The highest BCUT2D eigenvalue weighted by molar-refractivity contribution is 5.91. The van der Waals surface area contributed by atoms with Crippen LogP contribution in [-0.4, -0.2) is 108 Å². The fourth-order valence-corrected chi connectivity index (χ4v) is 7.26. The third kappa shape index (κ3) is 8.22. The van der Waals surface area contributed by atoms with E-state index < -0.39 is 12.2 Å². The number of aryl methyl sites for hydroxylation is 2. The molecule has 51 heavy (non-hydrogen) atoms. The minimum atomic E-state index is -1.05. The Morgan fingerprint density at radius 1 is 0.882 bits per heavy atom. The van der Waals surface area contributed by atoms with Crippen molar-refractivity contribution in [3.05, 3.63) is 88.5 Å². The molecule has 0 bridgehead atoms. The van der Waals surface area contributed by atoms with Gasteiger partial charge in [-0.2, -0.15) is 0 Å². The highest BCUT2D eigenvalue weighted by Crippen LogP contribution is 2.27. The first kappa shape index (κ1) is 35.6. The Morgan fingerprint density at radius 2 is 1.55 bits per heavy atom. The minimum Gasteiger partial charge on any atom is -0.507 e. The zero-order valence-electron chi connectivity index (χ0n) is 29.6. The second-order valence-corrected chi connectivity index (χ2v) is 13.5. The van der Waals surface area contributed by atoms with E-state index in [0.717, 1.165) is 28.9 Å². The normalized spacial score (nSPS) is 17.3. The molecule has 2 saturated heterocycles. The zero-order valence-corrected chi connectivity index (χ0v) is 29.6. The number of ether oxygens (including phenoxy) is 2. The van der Waals surface area contributed by atoms with Gasteiger partial charge in [-0.15, -0.1) is 0 Å². The molecule has 2 fully saturated rings. The van der Waals surface area contributed by atoms with Gasteiger partial charge in [-0.25, -0.2) is 14.4 Å². The topological polar surface area (TPSA) is 132 Å². The molecule has 12 heteroatoms. The van der Waals surface area contributed by atoms with Gasteiger partial charge in [0, 0.05) is 69.7 Å². The molecular weight excluding hydrogens is 650 g/mol. The van der Waals surface area contributed by atoms with Crippen LogP contribution in [0.15, 0.2) is 60.7 Å². The van der Waals surface area contributed by atoms with Gasteiger partial charge < -0.3 is 39.5 Å². The van der Waals surface area contributed by atoms with Crippen LogP contribution in [0.25, 0.3) is 0 Å². The molecule has 1 atom stereocenters. The summed E-state index contributed by atoms with van der Waals surface area (Å²) in [6.07, 6.45) is 0.545. The second kappa shape index (κ2) is 15.7. The molecule has 0 radical (unpaired) electrons. The van der Waals surface area contributed by atoms with Crippen LogP contribution in [0.2, 0.25) is 0 Å². The van der Waals surface area contributed by atoms with Gasteiger partial charge in [0.05, 0.1) is 12.2 Å². The maximum Gasteiger partial charge on any atom is 0.410 e. The highest BCUT2D eigenvalue weighted by Gasteiger charge is 2.35. The number of rotatable bonds is 8. The number of para-hydroxylation sites is 1. The van der Waals surface area contributed by atoms with Crippen LogP contribution in [-0.2, 0) is 27.1 Å². The Labute approximate surface area is 298 Å². The van der Waals surface area contributed by atoms with E-state index in [1.807, 2.05) is 53.4 Å². The number of carbonyl (C=O) groups excluding carboxylic acids is 4. The van der Waals surface area contributed by atoms with E-state index in [0.29, 0.717) is 82.0 Å². The fraction of sp³-hybridized carbons (Fsp3) is 0.436. The van der Waals surface area contributed by atoms with Gasteiger partial charge in [0.15, 0.2) is 6.10 Å². The standard InChI is InChI=1S/C39H47N5O7/c1-4-50-37(47)30-9-11-31(12-10-30)41-19-21-42(22-20-41)36(46)34(25-28-23-26(2)35(45)27(3)24-28)51-39(49)43-16-14-32(15-17-43)44-18-13-29-7-5-6-8-33(29)40-38(44)48/h5-12,23-24,32,34,45H,4,13-22,25H2,1-3H3,(H,40,48). The number of likely N-dealkylation sites (tertiary alicyclic amines) is 1. The first-order valence-corrected chi connectivity index (χ1v) is 17.8. The van der Waals surface area contributed by atoms with Crippen LogP contribution >= 0.6 is 0 Å². The van der Waals surface area contributed by atoms with Gasteiger partial charge in [0.25, 0.3) is 5.91 Å². The highest BCUT2D eigenvalue weighted by atomic mass is 16.6. The van der Waals surface area contributed by atoms with Gasteiger partial charge in [0.2, 0.25) is 0 Å². The number of fused-ring (bicyclic) bond motifs is 1. The summed E-state index contributed by atoms with van der Waals surface area (Å²) in [4.78, 5) is 60.3. The number of hydrogen-bond donors (Lipinski definition) is 2. The maximum absolute atomic E-state index is 14.1. The SMILES string of the molecule is CCOC(=O)c1ccc(N2CCN(C(=O)C(Cc3cc(C)c(O)c(C)c3)OC(=O)N3CCC(N4CCc5ccccc5NC4=O)CC3)CC2)cc1. The molecule has 3 aliphatic heterocycles. The number of phenols is 1. The molecule has 1 unspecified atom stereocenters. The van der Waals surface area contributed by atoms with Gasteiger partial charge in [-0.1, -0.05) is 30.3 Å². The molecule has 270 valence electrons. The number of nitrogens with zero attached hydrogens (tertiary/aromatic N) is 4. The predicted octanol–water partition coefficient (Wildman–Crippen LogP) is 5.14. The van der Waals surface area contributed by atoms with Crippen molar-refractivity contribution in [3.8, 4) is 5.75 Å². The van der Waals surface area contributed by atoms with Crippen LogP contribution in [0.4, 0.5) is 21.0 Å². The van der Waals surface area contributed by atoms with Crippen LogP contribution in [0.5, 0.6) is 5.75 Å². The smallest absolute Gasteiger partial charge is 0.410 e. The number of esters is 1. The quantitative estimate of drug-likeness (QED) is 0.310. The van der Waals surface area contributed by atoms with Crippen molar-refractivity contribution in [3.63, 3.8) is 0 Å². The lowest BCUT2D eigenvalue weighted by Gasteiger charge is -2.39. The third-order valence-electron chi connectivity index (χ3n) is 10.1. The summed E-state index contributed by atoms with van der Waals surface area (Å²) in [5.74, 6) is -0.422. The van der Waals surface area contributed by atoms with Crippen LogP contribution in [0.1, 0.15) is 52.4 Å². The molecule has 3 aromatic rings. The van der Waals surface area contributed by atoms with Crippen molar-refractivity contribution >= 4 is 35.4 Å². The van der Waals surface area contributed by atoms with E-state index in [9.17, 15) is 24.3 Å². The van der Waals surface area contributed by atoms with Crippen molar-refractivity contribution in [2.24, 2.45) is 0 Å². The molecule has 0 saturated carbocycles. The summed E-state index contributed by atoms with van der Waals surface area (Å²) in [5.41, 5.74) is 5.55. The summed E-state index contributed by atoms with van der Waals surface area (Å²) >= 11 is 0. The van der Waals surface area contributed by atoms with E-state index in [4.69, 9.17) is 9.47 Å². The van der Waals surface area contributed by atoms with E-state index in [1.165, 1.54) is 0 Å². The summed E-state index contributed by atoms with van der Waals surface area (Å²) in [5, 5.41) is 13.4. The molecule has 3 aliphatic rings. The zero-order chi connectivity index (χ0) is 36.1. The van der Waals surface area contributed by atoms with Crippen molar-refractivity contribution in [1.29, 1.82) is 0 Å². The number of amides is 4. The lowest BCUT2D eigenvalue weighted by Crippen LogP contribution is -2.54. The van der Waals surface area contributed by atoms with E-state index in [-0.39, 0.29) is 36.1 Å². The van der Waals surface area contributed by atoms with Crippen molar-refractivity contribution in [1.82, 2.24) is 14.7 Å². The summed E-state index contributed by atoms with van der Waals surface area (Å²) in [6, 6.07) is 18.6. The van der Waals surface area contributed by atoms with Crippen LogP contribution in [0, 0.1) is 13.8 Å². The predicted molar refractivity (Wildman–Crippen MR) is 193 cm³/mol. The van der Waals surface area contributed by atoms with Crippen molar-refractivity contribution < 1.29 is 33.8 Å². The molecule has 4 amide bonds. The van der Waals surface area contributed by atoms with E-state index >= 15 is 0 Å². The maximum atomic E-state index is 14.1. The lowest BCUT2D eigenvalue weighted by atomic mass is 10.0. The number of phenolic OH excluding ortho intramolecular Hbond substituents is 1. The monoisotopic (exact) mass is 697 g/mol.